The van der Waals surface area contributed by atoms with E-state index in [1.165, 1.54) is 12.1 Å². The molecule has 22 heavy (non-hydrogen) atoms. The standard InChI is InChI=1S/C15H19NO6/c1-4-7-21-14(17)9-22-13-6-5-11(15(18)10(2)3)8-12(13)16(19)20/h5-6,8,10H,4,7,9H2,1-3H3. The number of ether oxygens (including phenoxy) is 2. The van der Waals surface area contributed by atoms with Crippen LogP contribution in [0, 0.1) is 16.0 Å². The second-order valence-electron chi connectivity index (χ2n) is 4.97. The van der Waals surface area contributed by atoms with E-state index in [0.717, 1.165) is 6.07 Å². The number of benzene rings is 1. The normalized spacial score (nSPS) is 10.4. The van der Waals surface area contributed by atoms with Crippen LogP contribution in [0.15, 0.2) is 18.2 Å². The highest BCUT2D eigenvalue weighted by Gasteiger charge is 2.20. The number of hydrogen-bond donors (Lipinski definition) is 0. The van der Waals surface area contributed by atoms with E-state index in [2.05, 4.69) is 0 Å². The molecule has 0 radical (unpaired) electrons. The highest BCUT2D eigenvalue weighted by atomic mass is 16.6. The monoisotopic (exact) mass is 309 g/mol. The Bertz CT molecular complexity index is 567. The molecule has 0 bridgehead atoms. The number of Topliss-reactive ketones (excluding diaryl/α,β-unsaturated/α-hetero) is 1. The fourth-order valence-electron chi connectivity index (χ4n) is 1.66. The van der Waals surface area contributed by atoms with E-state index < -0.39 is 17.5 Å². The van der Waals surface area contributed by atoms with Crippen molar-refractivity contribution in [2.75, 3.05) is 13.2 Å². The third kappa shape index (κ3) is 4.83. The zero-order valence-electron chi connectivity index (χ0n) is 12.8. The van der Waals surface area contributed by atoms with E-state index in [4.69, 9.17) is 9.47 Å². The molecule has 0 unspecified atom stereocenters. The van der Waals surface area contributed by atoms with Gasteiger partial charge in [-0.2, -0.15) is 0 Å². The SMILES string of the molecule is CCCOC(=O)COc1ccc(C(=O)C(C)C)cc1[N+](=O)[O-]. The van der Waals surface area contributed by atoms with E-state index in [-0.39, 0.29) is 35.3 Å². The van der Waals surface area contributed by atoms with Crippen LogP contribution in [0.2, 0.25) is 0 Å². The van der Waals surface area contributed by atoms with Crippen LogP contribution < -0.4 is 4.74 Å². The molecule has 0 aliphatic heterocycles. The molecule has 0 saturated heterocycles. The second kappa shape index (κ2) is 8.11. The predicted octanol–water partition coefficient (Wildman–Crippen LogP) is 2.77. The molecule has 1 aromatic rings. The Morgan fingerprint density at radius 3 is 2.55 bits per heavy atom. The van der Waals surface area contributed by atoms with Crippen molar-refractivity contribution in [2.45, 2.75) is 27.2 Å². The number of rotatable bonds is 8. The minimum Gasteiger partial charge on any atom is -0.475 e. The summed E-state index contributed by atoms with van der Waals surface area (Å²) in [5, 5.41) is 11.1. The lowest BCUT2D eigenvalue weighted by molar-refractivity contribution is -0.385. The molecule has 0 saturated carbocycles. The number of carbonyl (C=O) groups excluding carboxylic acids is 2. The number of hydrogen-bond acceptors (Lipinski definition) is 6. The molecule has 0 fully saturated rings. The van der Waals surface area contributed by atoms with Gasteiger partial charge in [0.1, 0.15) is 0 Å². The zero-order chi connectivity index (χ0) is 16.7. The van der Waals surface area contributed by atoms with Gasteiger partial charge in [0.15, 0.2) is 18.1 Å². The summed E-state index contributed by atoms with van der Waals surface area (Å²) in [5.41, 5.74) is -0.114. The van der Waals surface area contributed by atoms with Gasteiger partial charge >= 0.3 is 11.7 Å². The first-order valence-corrected chi connectivity index (χ1v) is 6.97. The smallest absolute Gasteiger partial charge is 0.344 e. The van der Waals surface area contributed by atoms with Gasteiger partial charge in [0, 0.05) is 17.5 Å². The maximum absolute atomic E-state index is 11.9. The van der Waals surface area contributed by atoms with Crippen molar-refractivity contribution < 1.29 is 24.0 Å². The Labute approximate surface area is 128 Å². The molecule has 0 spiro atoms. The molecule has 0 aromatic heterocycles. The third-order valence-electron chi connectivity index (χ3n) is 2.78. The molecule has 1 aromatic carbocycles. The minimum absolute atomic E-state index is 0.0706. The van der Waals surface area contributed by atoms with E-state index in [1.54, 1.807) is 13.8 Å². The van der Waals surface area contributed by atoms with Crippen LogP contribution in [0.4, 0.5) is 5.69 Å². The van der Waals surface area contributed by atoms with Gasteiger partial charge in [0.05, 0.1) is 11.5 Å². The molecule has 0 aliphatic carbocycles. The summed E-state index contributed by atoms with van der Waals surface area (Å²) in [5.74, 6) is -1.13. The van der Waals surface area contributed by atoms with Gasteiger partial charge in [-0.25, -0.2) is 4.79 Å². The molecular formula is C15H19NO6. The first-order valence-electron chi connectivity index (χ1n) is 6.97. The van der Waals surface area contributed by atoms with E-state index in [9.17, 15) is 19.7 Å². The van der Waals surface area contributed by atoms with Gasteiger partial charge in [-0.05, 0) is 18.6 Å². The van der Waals surface area contributed by atoms with Crippen LogP contribution in [0.25, 0.3) is 0 Å². The average Bonchev–Trinajstić information content (AvgIpc) is 2.49. The van der Waals surface area contributed by atoms with Gasteiger partial charge < -0.3 is 9.47 Å². The zero-order valence-corrected chi connectivity index (χ0v) is 12.8. The van der Waals surface area contributed by atoms with Crippen molar-refractivity contribution in [2.24, 2.45) is 5.92 Å². The number of nitro benzene ring substituents is 1. The molecule has 0 amide bonds. The Balaban J connectivity index is 2.89. The summed E-state index contributed by atoms with van der Waals surface area (Å²) in [4.78, 5) is 33.7. The molecule has 120 valence electrons. The van der Waals surface area contributed by atoms with Crippen LogP contribution in [0.5, 0.6) is 5.75 Å². The molecular weight excluding hydrogens is 290 g/mol. The van der Waals surface area contributed by atoms with E-state index in [0.29, 0.717) is 6.42 Å². The molecule has 0 N–H and O–H groups in total. The van der Waals surface area contributed by atoms with Crippen LogP contribution in [-0.4, -0.2) is 29.9 Å². The van der Waals surface area contributed by atoms with Gasteiger partial charge in [-0.1, -0.05) is 20.8 Å². The lowest BCUT2D eigenvalue weighted by Crippen LogP contribution is -2.16. The highest BCUT2D eigenvalue weighted by Crippen LogP contribution is 2.28. The summed E-state index contributed by atoms with van der Waals surface area (Å²) in [6, 6.07) is 3.93. The van der Waals surface area contributed by atoms with Gasteiger partial charge in [-0.15, -0.1) is 0 Å². The highest BCUT2D eigenvalue weighted by molar-refractivity contribution is 5.98. The number of nitrogens with zero attached hydrogens (tertiary/aromatic N) is 1. The third-order valence-corrected chi connectivity index (χ3v) is 2.78. The number of nitro groups is 1. The Morgan fingerprint density at radius 1 is 1.32 bits per heavy atom. The maximum Gasteiger partial charge on any atom is 0.344 e. The van der Waals surface area contributed by atoms with Gasteiger partial charge in [-0.3, -0.25) is 14.9 Å². The Hall–Kier alpha value is -2.44. The topological polar surface area (TPSA) is 95.7 Å². The number of carbonyl (C=O) groups is 2. The van der Waals surface area contributed by atoms with Crippen LogP contribution in [0.3, 0.4) is 0 Å². The molecule has 1 rings (SSSR count). The van der Waals surface area contributed by atoms with Crippen molar-refractivity contribution in [1.29, 1.82) is 0 Å². The van der Waals surface area contributed by atoms with E-state index >= 15 is 0 Å². The quantitative estimate of drug-likeness (QED) is 0.317. The summed E-state index contributed by atoms with van der Waals surface area (Å²) >= 11 is 0. The maximum atomic E-state index is 11.9. The fourth-order valence-corrected chi connectivity index (χ4v) is 1.66. The van der Waals surface area contributed by atoms with Crippen molar-refractivity contribution >= 4 is 17.4 Å². The Kier molecular flexibility index (Phi) is 6.49. The second-order valence-corrected chi connectivity index (χ2v) is 4.97. The van der Waals surface area contributed by atoms with Gasteiger partial charge in [0.2, 0.25) is 0 Å². The minimum atomic E-state index is -0.649. The van der Waals surface area contributed by atoms with Crippen molar-refractivity contribution in [3.63, 3.8) is 0 Å². The van der Waals surface area contributed by atoms with Crippen molar-refractivity contribution in [3.8, 4) is 5.75 Å². The lowest BCUT2D eigenvalue weighted by atomic mass is 10.0. The van der Waals surface area contributed by atoms with Crippen LogP contribution in [-0.2, 0) is 9.53 Å². The van der Waals surface area contributed by atoms with Gasteiger partial charge in [0.25, 0.3) is 0 Å². The summed E-state index contributed by atoms with van der Waals surface area (Å²) in [7, 11) is 0. The van der Waals surface area contributed by atoms with E-state index in [1.807, 2.05) is 6.92 Å². The average molecular weight is 309 g/mol. The van der Waals surface area contributed by atoms with Crippen molar-refractivity contribution in [3.05, 3.63) is 33.9 Å². The summed E-state index contributed by atoms with van der Waals surface area (Å²) in [6.07, 6.45) is 0.678. The molecule has 0 heterocycles. The molecule has 7 nitrogen and oxygen atoms in total. The Morgan fingerprint density at radius 2 is 2.00 bits per heavy atom. The number of ketones is 1. The number of esters is 1. The largest absolute Gasteiger partial charge is 0.475 e. The first kappa shape index (κ1) is 17.6. The van der Waals surface area contributed by atoms with Crippen molar-refractivity contribution in [1.82, 2.24) is 0 Å². The van der Waals surface area contributed by atoms with Crippen LogP contribution >= 0.6 is 0 Å². The van der Waals surface area contributed by atoms with Crippen LogP contribution in [0.1, 0.15) is 37.6 Å². The predicted molar refractivity (Wildman–Crippen MR) is 79.0 cm³/mol. The molecule has 7 heteroatoms. The first-order chi connectivity index (χ1) is 10.4. The lowest BCUT2D eigenvalue weighted by Gasteiger charge is -2.09. The summed E-state index contributed by atoms with van der Waals surface area (Å²) in [6.45, 7) is 5.12. The molecule has 0 atom stereocenters. The fraction of sp³-hybridized carbons (Fsp3) is 0.467. The summed E-state index contributed by atoms with van der Waals surface area (Å²) < 4.78 is 9.94. The molecule has 0 aliphatic rings.